The molecule has 2 aromatic carbocycles. The quantitative estimate of drug-likeness (QED) is 0.806. The molecular weight excluding hydrogens is 246 g/mol. The second-order valence-corrected chi connectivity index (χ2v) is 5.08. The zero-order chi connectivity index (χ0) is 14.4. The second-order valence-electron chi connectivity index (χ2n) is 5.08. The van der Waals surface area contributed by atoms with Crippen LogP contribution in [-0.2, 0) is 0 Å². The Bertz CT molecular complexity index is 541. The zero-order valence-electron chi connectivity index (χ0n) is 11.9. The van der Waals surface area contributed by atoms with Crippen LogP contribution in [-0.4, -0.2) is 12.3 Å². The summed E-state index contributed by atoms with van der Waals surface area (Å²) >= 11 is 0. The highest BCUT2D eigenvalue weighted by atomic mass is 16.1. The van der Waals surface area contributed by atoms with Gasteiger partial charge in [-0.1, -0.05) is 67.9 Å². The SMILES string of the molecule is CCC(CN)CC(=O)c1ccc(-c2ccccc2)cc1. The number of ketones is 1. The van der Waals surface area contributed by atoms with Crippen LogP contribution in [0, 0.1) is 5.92 Å². The van der Waals surface area contributed by atoms with Gasteiger partial charge in [0, 0.05) is 12.0 Å². The van der Waals surface area contributed by atoms with E-state index in [2.05, 4.69) is 19.1 Å². The average Bonchev–Trinajstić information content (AvgIpc) is 2.53. The van der Waals surface area contributed by atoms with E-state index in [-0.39, 0.29) is 11.7 Å². The molecule has 2 nitrogen and oxygen atoms in total. The van der Waals surface area contributed by atoms with Crippen molar-refractivity contribution in [3.05, 3.63) is 60.2 Å². The van der Waals surface area contributed by atoms with Gasteiger partial charge in [-0.3, -0.25) is 4.79 Å². The molecule has 2 aromatic rings. The molecule has 104 valence electrons. The molecule has 1 atom stereocenters. The summed E-state index contributed by atoms with van der Waals surface area (Å²) < 4.78 is 0. The minimum atomic E-state index is 0.182. The molecule has 20 heavy (non-hydrogen) atoms. The molecule has 2 heteroatoms. The summed E-state index contributed by atoms with van der Waals surface area (Å²) in [7, 11) is 0. The molecule has 0 amide bonds. The van der Waals surface area contributed by atoms with Crippen molar-refractivity contribution in [3.63, 3.8) is 0 Å². The molecule has 0 aliphatic carbocycles. The smallest absolute Gasteiger partial charge is 0.163 e. The lowest BCUT2D eigenvalue weighted by Crippen LogP contribution is -2.17. The van der Waals surface area contributed by atoms with Gasteiger partial charge in [-0.05, 0) is 23.6 Å². The van der Waals surface area contributed by atoms with Crippen LogP contribution >= 0.6 is 0 Å². The van der Waals surface area contributed by atoms with Gasteiger partial charge in [0.2, 0.25) is 0 Å². The minimum absolute atomic E-state index is 0.182. The molecule has 0 fully saturated rings. The Morgan fingerprint density at radius 1 is 1.00 bits per heavy atom. The Kier molecular flexibility index (Phi) is 5.08. The van der Waals surface area contributed by atoms with Gasteiger partial charge < -0.3 is 5.73 Å². The Morgan fingerprint density at radius 2 is 1.60 bits per heavy atom. The molecule has 0 aliphatic heterocycles. The van der Waals surface area contributed by atoms with Crippen LogP contribution in [0.2, 0.25) is 0 Å². The summed E-state index contributed by atoms with van der Waals surface area (Å²) in [5, 5.41) is 0. The molecule has 0 heterocycles. The van der Waals surface area contributed by atoms with Crippen molar-refractivity contribution in [1.82, 2.24) is 0 Å². The van der Waals surface area contributed by atoms with Crippen molar-refractivity contribution in [3.8, 4) is 11.1 Å². The zero-order valence-corrected chi connectivity index (χ0v) is 11.9. The number of Topliss-reactive ketones (excluding diaryl/α,β-unsaturated/α-hetero) is 1. The van der Waals surface area contributed by atoms with Crippen molar-refractivity contribution in [2.45, 2.75) is 19.8 Å². The van der Waals surface area contributed by atoms with Crippen molar-refractivity contribution in [2.24, 2.45) is 11.7 Å². The topological polar surface area (TPSA) is 43.1 Å². The third kappa shape index (κ3) is 3.55. The fraction of sp³-hybridized carbons (Fsp3) is 0.278. The predicted molar refractivity (Wildman–Crippen MR) is 83.7 cm³/mol. The molecule has 0 radical (unpaired) electrons. The number of hydrogen-bond donors (Lipinski definition) is 1. The Morgan fingerprint density at radius 3 is 2.15 bits per heavy atom. The Balaban J connectivity index is 2.10. The first-order valence-electron chi connectivity index (χ1n) is 7.13. The Hall–Kier alpha value is -1.93. The summed E-state index contributed by atoms with van der Waals surface area (Å²) in [4.78, 5) is 12.2. The normalized spacial score (nSPS) is 12.1. The largest absolute Gasteiger partial charge is 0.330 e. The first-order chi connectivity index (χ1) is 9.74. The van der Waals surface area contributed by atoms with Crippen molar-refractivity contribution >= 4 is 5.78 Å². The third-order valence-electron chi connectivity index (χ3n) is 3.70. The third-order valence-corrected chi connectivity index (χ3v) is 3.70. The summed E-state index contributed by atoms with van der Waals surface area (Å²) in [5.41, 5.74) is 8.73. The number of benzene rings is 2. The lowest BCUT2D eigenvalue weighted by Gasteiger charge is -2.11. The van der Waals surface area contributed by atoms with Gasteiger partial charge in [-0.15, -0.1) is 0 Å². The first-order valence-corrected chi connectivity index (χ1v) is 7.13. The summed E-state index contributed by atoms with van der Waals surface area (Å²) in [5.74, 6) is 0.471. The maximum absolute atomic E-state index is 12.2. The van der Waals surface area contributed by atoms with Gasteiger partial charge in [0.1, 0.15) is 0 Å². The van der Waals surface area contributed by atoms with E-state index in [0.29, 0.717) is 13.0 Å². The maximum Gasteiger partial charge on any atom is 0.163 e. The lowest BCUT2D eigenvalue weighted by molar-refractivity contribution is 0.0961. The van der Waals surface area contributed by atoms with Gasteiger partial charge in [-0.25, -0.2) is 0 Å². The molecule has 0 saturated heterocycles. The van der Waals surface area contributed by atoms with E-state index in [1.807, 2.05) is 42.5 Å². The summed E-state index contributed by atoms with van der Waals surface area (Å²) in [6, 6.07) is 18.0. The highest BCUT2D eigenvalue weighted by Crippen LogP contribution is 2.20. The van der Waals surface area contributed by atoms with Crippen LogP contribution in [0.5, 0.6) is 0 Å². The molecule has 0 aliphatic rings. The molecule has 0 saturated carbocycles. The number of carbonyl (C=O) groups is 1. The van der Waals surface area contributed by atoms with E-state index < -0.39 is 0 Å². The number of rotatable bonds is 6. The van der Waals surface area contributed by atoms with Crippen LogP contribution in [0.15, 0.2) is 54.6 Å². The average molecular weight is 267 g/mol. The van der Waals surface area contributed by atoms with Crippen molar-refractivity contribution in [2.75, 3.05) is 6.54 Å². The van der Waals surface area contributed by atoms with Gasteiger partial charge in [0.25, 0.3) is 0 Å². The monoisotopic (exact) mass is 267 g/mol. The minimum Gasteiger partial charge on any atom is -0.330 e. The van der Waals surface area contributed by atoms with E-state index in [1.165, 1.54) is 5.56 Å². The van der Waals surface area contributed by atoms with Crippen LogP contribution in [0.3, 0.4) is 0 Å². The van der Waals surface area contributed by atoms with Crippen molar-refractivity contribution in [1.29, 1.82) is 0 Å². The van der Waals surface area contributed by atoms with E-state index in [1.54, 1.807) is 0 Å². The first kappa shape index (κ1) is 14.5. The number of carbonyl (C=O) groups excluding carboxylic acids is 1. The molecule has 0 bridgehead atoms. The highest BCUT2D eigenvalue weighted by Gasteiger charge is 2.12. The van der Waals surface area contributed by atoms with Crippen LogP contribution in [0.25, 0.3) is 11.1 Å². The van der Waals surface area contributed by atoms with Gasteiger partial charge in [0.05, 0.1) is 0 Å². The lowest BCUT2D eigenvalue weighted by atomic mass is 9.95. The molecule has 2 rings (SSSR count). The molecular formula is C18H21NO. The Labute approximate surface area is 120 Å². The van der Waals surface area contributed by atoms with Gasteiger partial charge >= 0.3 is 0 Å². The molecule has 2 N–H and O–H groups in total. The maximum atomic E-state index is 12.2. The second kappa shape index (κ2) is 7.01. The summed E-state index contributed by atoms with van der Waals surface area (Å²) in [6.07, 6.45) is 1.49. The number of hydrogen-bond acceptors (Lipinski definition) is 2. The van der Waals surface area contributed by atoms with E-state index in [4.69, 9.17) is 5.73 Å². The van der Waals surface area contributed by atoms with Crippen LogP contribution in [0.1, 0.15) is 30.1 Å². The molecule has 0 aromatic heterocycles. The van der Waals surface area contributed by atoms with E-state index >= 15 is 0 Å². The predicted octanol–water partition coefficient (Wildman–Crippen LogP) is 3.91. The van der Waals surface area contributed by atoms with Crippen LogP contribution in [0.4, 0.5) is 0 Å². The van der Waals surface area contributed by atoms with Crippen LogP contribution < -0.4 is 5.73 Å². The highest BCUT2D eigenvalue weighted by molar-refractivity contribution is 5.96. The molecule has 0 spiro atoms. The van der Waals surface area contributed by atoms with Gasteiger partial charge in [-0.2, -0.15) is 0 Å². The summed E-state index contributed by atoms with van der Waals surface area (Å²) in [6.45, 7) is 2.65. The standard InChI is InChI=1S/C18H21NO/c1-2-14(13-19)12-18(20)17-10-8-16(9-11-17)15-6-4-3-5-7-15/h3-11,14H,2,12-13,19H2,1H3. The van der Waals surface area contributed by atoms with E-state index in [9.17, 15) is 4.79 Å². The van der Waals surface area contributed by atoms with Gasteiger partial charge in [0.15, 0.2) is 5.78 Å². The van der Waals surface area contributed by atoms with E-state index in [0.717, 1.165) is 17.5 Å². The fourth-order valence-electron chi connectivity index (χ4n) is 2.25. The number of nitrogens with two attached hydrogens (primary N) is 1. The molecule has 1 unspecified atom stereocenters. The van der Waals surface area contributed by atoms with Crippen molar-refractivity contribution < 1.29 is 4.79 Å². The fourth-order valence-corrected chi connectivity index (χ4v) is 2.25.